The van der Waals surface area contributed by atoms with Crippen molar-refractivity contribution in [1.82, 2.24) is 0 Å². The van der Waals surface area contributed by atoms with E-state index in [1.54, 1.807) is 0 Å². The van der Waals surface area contributed by atoms with E-state index in [1.165, 1.54) is 25.7 Å². The monoisotopic (exact) mass is 140 g/mol. The van der Waals surface area contributed by atoms with Gasteiger partial charge in [0.25, 0.3) is 0 Å². The van der Waals surface area contributed by atoms with Gasteiger partial charge in [0.15, 0.2) is 0 Å². The number of allylic oxidation sites excluding steroid dienone is 2. The van der Waals surface area contributed by atoms with Crippen LogP contribution in [0, 0.1) is 5.92 Å². The normalized spacial score (nSPS) is 14.3. The van der Waals surface area contributed by atoms with E-state index in [0.717, 1.165) is 5.92 Å². The molecule has 0 heterocycles. The van der Waals surface area contributed by atoms with Crippen LogP contribution in [0.5, 0.6) is 0 Å². The van der Waals surface area contributed by atoms with Crippen LogP contribution in [0.3, 0.4) is 0 Å². The Bertz CT molecular complexity index is 82.0. The summed E-state index contributed by atoms with van der Waals surface area (Å²) in [4.78, 5) is 0. The van der Waals surface area contributed by atoms with E-state index < -0.39 is 0 Å². The first-order chi connectivity index (χ1) is 4.85. The zero-order valence-electron chi connectivity index (χ0n) is 7.56. The average Bonchev–Trinajstić information content (AvgIpc) is 1.98. The van der Waals surface area contributed by atoms with Gasteiger partial charge in [-0.1, -0.05) is 39.3 Å². The first kappa shape index (κ1) is 9.74. The molecule has 0 nitrogen and oxygen atoms in total. The summed E-state index contributed by atoms with van der Waals surface area (Å²) >= 11 is 0. The molecule has 1 unspecified atom stereocenters. The minimum absolute atomic E-state index is 0.838. The van der Waals surface area contributed by atoms with Crippen LogP contribution in [0.15, 0.2) is 12.2 Å². The average molecular weight is 140 g/mol. The molecule has 0 amide bonds. The molecule has 0 N–H and O–H groups in total. The third-order valence-electron chi connectivity index (χ3n) is 1.83. The molecule has 0 rings (SSSR count). The third kappa shape index (κ3) is 4.60. The quantitative estimate of drug-likeness (QED) is 0.510. The molecule has 0 aliphatic rings. The van der Waals surface area contributed by atoms with Gasteiger partial charge in [0, 0.05) is 0 Å². The largest absolute Gasteiger partial charge is 0.0885 e. The Morgan fingerprint density at radius 3 is 2.30 bits per heavy atom. The summed E-state index contributed by atoms with van der Waals surface area (Å²) in [6.07, 6.45) is 9.79. The molecule has 0 spiro atoms. The molecule has 60 valence electrons. The molecule has 0 bridgehead atoms. The van der Waals surface area contributed by atoms with Gasteiger partial charge in [0.05, 0.1) is 0 Å². The Morgan fingerprint density at radius 2 is 1.90 bits per heavy atom. The molecule has 0 radical (unpaired) electrons. The van der Waals surface area contributed by atoms with E-state index in [2.05, 4.69) is 32.9 Å². The second kappa shape index (κ2) is 6.85. The van der Waals surface area contributed by atoms with Gasteiger partial charge >= 0.3 is 0 Å². The predicted molar refractivity (Wildman–Crippen MR) is 48.1 cm³/mol. The Hall–Kier alpha value is -0.260. The van der Waals surface area contributed by atoms with Gasteiger partial charge in [-0.25, -0.2) is 0 Å². The van der Waals surface area contributed by atoms with Crippen LogP contribution in [0.2, 0.25) is 0 Å². The van der Waals surface area contributed by atoms with Crippen LogP contribution in [0.4, 0.5) is 0 Å². The van der Waals surface area contributed by atoms with Crippen LogP contribution < -0.4 is 0 Å². The van der Waals surface area contributed by atoms with E-state index in [0.29, 0.717) is 0 Å². The van der Waals surface area contributed by atoms with E-state index in [-0.39, 0.29) is 0 Å². The van der Waals surface area contributed by atoms with E-state index in [9.17, 15) is 0 Å². The van der Waals surface area contributed by atoms with Crippen molar-refractivity contribution < 1.29 is 0 Å². The van der Waals surface area contributed by atoms with E-state index in [1.807, 2.05) is 0 Å². The van der Waals surface area contributed by atoms with Gasteiger partial charge in [0.1, 0.15) is 0 Å². The highest BCUT2D eigenvalue weighted by atomic mass is 14.0. The van der Waals surface area contributed by atoms with Gasteiger partial charge in [0.2, 0.25) is 0 Å². The maximum Gasteiger partial charge on any atom is -0.0236 e. The van der Waals surface area contributed by atoms with Gasteiger partial charge in [-0.05, 0) is 25.2 Å². The summed E-state index contributed by atoms with van der Waals surface area (Å²) in [7, 11) is 0. The first-order valence-corrected chi connectivity index (χ1v) is 4.51. The minimum Gasteiger partial charge on any atom is -0.0885 e. The van der Waals surface area contributed by atoms with Crippen molar-refractivity contribution in [3.63, 3.8) is 0 Å². The minimum atomic E-state index is 0.838. The van der Waals surface area contributed by atoms with Gasteiger partial charge in [-0.3, -0.25) is 0 Å². The Kier molecular flexibility index (Phi) is 6.68. The fraction of sp³-hybridized carbons (Fsp3) is 0.800. The molecule has 0 fully saturated rings. The topological polar surface area (TPSA) is 0 Å². The summed E-state index contributed by atoms with van der Waals surface area (Å²) in [6.45, 7) is 6.71. The molecule has 0 aromatic heterocycles. The summed E-state index contributed by atoms with van der Waals surface area (Å²) in [6, 6.07) is 0. The van der Waals surface area contributed by atoms with Crippen molar-refractivity contribution >= 4 is 0 Å². The molecule has 0 saturated heterocycles. The summed E-state index contributed by atoms with van der Waals surface area (Å²) in [5.41, 5.74) is 0. The third-order valence-corrected chi connectivity index (χ3v) is 1.83. The fourth-order valence-electron chi connectivity index (χ4n) is 1.14. The lowest BCUT2D eigenvalue weighted by Crippen LogP contribution is -1.92. The van der Waals surface area contributed by atoms with Gasteiger partial charge in [-0.2, -0.15) is 0 Å². The summed E-state index contributed by atoms with van der Waals surface area (Å²) in [5.74, 6) is 0.838. The van der Waals surface area contributed by atoms with E-state index >= 15 is 0 Å². The second-order valence-electron chi connectivity index (χ2n) is 2.79. The Morgan fingerprint density at radius 1 is 1.20 bits per heavy atom. The maximum atomic E-state index is 2.36. The highest BCUT2D eigenvalue weighted by Crippen LogP contribution is 2.11. The molecule has 1 atom stereocenters. The molecule has 0 heteroatoms. The van der Waals surface area contributed by atoms with Crippen molar-refractivity contribution in [1.29, 1.82) is 0 Å². The van der Waals surface area contributed by atoms with Gasteiger partial charge < -0.3 is 0 Å². The predicted octanol–water partition coefficient (Wildman–Crippen LogP) is 3.78. The first-order valence-electron chi connectivity index (χ1n) is 4.51. The summed E-state index contributed by atoms with van der Waals surface area (Å²) in [5, 5.41) is 0. The number of rotatable bonds is 5. The zero-order chi connectivity index (χ0) is 7.82. The molecule has 0 aliphatic carbocycles. The molecule has 0 saturated carbocycles. The van der Waals surface area contributed by atoms with E-state index in [4.69, 9.17) is 0 Å². The Balaban J connectivity index is 3.48. The standard InChI is InChI=1S/C10H20/c1-4-7-9-10(6-3)8-5-2/h7,9-10H,4-6,8H2,1-3H3/b9-7-. The van der Waals surface area contributed by atoms with Crippen molar-refractivity contribution in [2.45, 2.75) is 46.5 Å². The lowest BCUT2D eigenvalue weighted by atomic mass is 10.0. The van der Waals surface area contributed by atoms with Crippen LogP contribution in [-0.4, -0.2) is 0 Å². The molecule has 10 heavy (non-hydrogen) atoms. The number of hydrogen-bond acceptors (Lipinski definition) is 0. The molecular weight excluding hydrogens is 120 g/mol. The van der Waals surface area contributed by atoms with Crippen LogP contribution in [-0.2, 0) is 0 Å². The van der Waals surface area contributed by atoms with Crippen molar-refractivity contribution in [3.8, 4) is 0 Å². The van der Waals surface area contributed by atoms with Gasteiger partial charge in [-0.15, -0.1) is 0 Å². The maximum absolute atomic E-state index is 2.36. The van der Waals surface area contributed by atoms with Crippen molar-refractivity contribution in [2.24, 2.45) is 5.92 Å². The molecule has 0 aromatic carbocycles. The fourth-order valence-corrected chi connectivity index (χ4v) is 1.14. The summed E-state index contributed by atoms with van der Waals surface area (Å²) < 4.78 is 0. The SMILES string of the molecule is CC/C=C\C(CC)CCC. The lowest BCUT2D eigenvalue weighted by molar-refractivity contribution is 0.562. The molecule has 0 aliphatic heterocycles. The van der Waals surface area contributed by atoms with Crippen LogP contribution in [0.25, 0.3) is 0 Å². The van der Waals surface area contributed by atoms with Crippen molar-refractivity contribution in [2.75, 3.05) is 0 Å². The zero-order valence-corrected chi connectivity index (χ0v) is 7.56. The smallest absolute Gasteiger partial charge is 0.0236 e. The Labute approximate surface area is 65.3 Å². The second-order valence-corrected chi connectivity index (χ2v) is 2.79. The molecule has 0 aromatic rings. The number of hydrogen-bond donors (Lipinski definition) is 0. The van der Waals surface area contributed by atoms with Crippen LogP contribution >= 0.6 is 0 Å². The lowest BCUT2D eigenvalue weighted by Gasteiger charge is -2.06. The highest BCUT2D eigenvalue weighted by Gasteiger charge is 1.97. The van der Waals surface area contributed by atoms with Crippen molar-refractivity contribution in [3.05, 3.63) is 12.2 Å². The van der Waals surface area contributed by atoms with Crippen LogP contribution in [0.1, 0.15) is 46.5 Å². The molecular formula is C10H20. The highest BCUT2D eigenvalue weighted by molar-refractivity contribution is 4.86.